The smallest absolute Gasteiger partial charge is 0.130 e. The van der Waals surface area contributed by atoms with Crippen molar-refractivity contribution in [2.75, 3.05) is 20.1 Å². The van der Waals surface area contributed by atoms with E-state index < -0.39 is 0 Å². The number of allylic oxidation sites excluding steroid dienone is 3. The Morgan fingerprint density at radius 1 is 1.27 bits per heavy atom. The monoisotopic (exact) mass is 295 g/mol. The van der Waals surface area contributed by atoms with Crippen LogP contribution in [0.1, 0.15) is 37.7 Å². The molecule has 2 heteroatoms. The average Bonchev–Trinajstić information content (AvgIpc) is 3.30. The van der Waals surface area contributed by atoms with E-state index in [2.05, 4.69) is 55.3 Å². The first-order chi connectivity index (χ1) is 10.8. The van der Waals surface area contributed by atoms with E-state index in [1.54, 1.807) is 5.57 Å². The zero-order chi connectivity index (χ0) is 15.1. The minimum atomic E-state index is 0.549. The lowest BCUT2D eigenvalue weighted by Crippen LogP contribution is -2.24. The summed E-state index contributed by atoms with van der Waals surface area (Å²) >= 11 is 0. The molecular weight excluding hydrogens is 270 g/mol. The van der Waals surface area contributed by atoms with Crippen LogP contribution in [0, 0.1) is 11.8 Å². The van der Waals surface area contributed by atoms with Crippen LogP contribution in [0.2, 0.25) is 0 Å². The summed E-state index contributed by atoms with van der Waals surface area (Å²) in [5.41, 5.74) is 2.98. The van der Waals surface area contributed by atoms with E-state index >= 15 is 0 Å². The standard InChI is InChI=1S/C20H25NO/c1-3-21(2)13-15-12-18-17-11-14(17)7-6-10-20(18)22-19-9-5-4-8-16(15)19/h4-9,14-15,17H,3,10-13H2,1-2H3. The van der Waals surface area contributed by atoms with Crippen molar-refractivity contribution in [2.45, 2.75) is 32.1 Å². The fourth-order valence-electron chi connectivity index (χ4n) is 3.98. The molecule has 1 fully saturated rings. The van der Waals surface area contributed by atoms with Crippen molar-refractivity contribution in [2.24, 2.45) is 11.8 Å². The molecule has 3 atom stereocenters. The molecule has 3 aliphatic rings. The molecule has 0 saturated heterocycles. The molecular formula is C20H25NO. The van der Waals surface area contributed by atoms with E-state index in [1.165, 1.54) is 24.2 Å². The van der Waals surface area contributed by atoms with Gasteiger partial charge >= 0.3 is 0 Å². The van der Waals surface area contributed by atoms with E-state index in [4.69, 9.17) is 4.74 Å². The summed E-state index contributed by atoms with van der Waals surface area (Å²) in [5.74, 6) is 4.39. The van der Waals surface area contributed by atoms with Crippen LogP contribution in [-0.4, -0.2) is 25.0 Å². The molecule has 1 aromatic carbocycles. The number of ether oxygens (including phenoxy) is 1. The van der Waals surface area contributed by atoms with Gasteiger partial charge in [0, 0.05) is 18.9 Å². The van der Waals surface area contributed by atoms with E-state index in [0.29, 0.717) is 5.92 Å². The second kappa shape index (κ2) is 5.58. The average molecular weight is 295 g/mol. The maximum Gasteiger partial charge on any atom is 0.130 e. The Hall–Kier alpha value is -1.54. The zero-order valence-corrected chi connectivity index (χ0v) is 13.6. The van der Waals surface area contributed by atoms with Crippen molar-refractivity contribution in [1.82, 2.24) is 4.90 Å². The highest BCUT2D eigenvalue weighted by molar-refractivity contribution is 5.43. The molecule has 2 nitrogen and oxygen atoms in total. The molecule has 3 unspecified atom stereocenters. The first-order valence-electron chi connectivity index (χ1n) is 8.60. The van der Waals surface area contributed by atoms with Crippen LogP contribution in [0.3, 0.4) is 0 Å². The van der Waals surface area contributed by atoms with Crippen molar-refractivity contribution in [3.63, 3.8) is 0 Å². The van der Waals surface area contributed by atoms with E-state index in [1.807, 2.05) is 0 Å². The van der Waals surface area contributed by atoms with Crippen LogP contribution < -0.4 is 4.74 Å². The lowest BCUT2D eigenvalue weighted by atomic mass is 9.89. The normalized spacial score (nSPS) is 29.1. The topological polar surface area (TPSA) is 12.5 Å². The van der Waals surface area contributed by atoms with E-state index in [9.17, 15) is 0 Å². The Morgan fingerprint density at radius 3 is 3.00 bits per heavy atom. The number of hydrogen-bond donors (Lipinski definition) is 0. The van der Waals surface area contributed by atoms with Gasteiger partial charge in [0.2, 0.25) is 0 Å². The highest BCUT2D eigenvalue weighted by Gasteiger charge is 2.42. The molecule has 2 aliphatic carbocycles. The number of likely N-dealkylation sites (N-methyl/N-ethyl adjacent to an activating group) is 1. The number of benzene rings is 1. The summed E-state index contributed by atoms with van der Waals surface area (Å²) in [7, 11) is 2.22. The van der Waals surface area contributed by atoms with Gasteiger partial charge < -0.3 is 9.64 Å². The summed E-state index contributed by atoms with van der Waals surface area (Å²) in [5, 5.41) is 0. The van der Waals surface area contributed by atoms with Crippen molar-refractivity contribution < 1.29 is 4.74 Å². The molecule has 0 radical (unpaired) electrons. The fraction of sp³-hybridized carbons (Fsp3) is 0.500. The van der Waals surface area contributed by atoms with Crippen LogP contribution >= 0.6 is 0 Å². The third-order valence-electron chi connectivity index (χ3n) is 5.46. The number of hydrogen-bond acceptors (Lipinski definition) is 2. The number of rotatable bonds is 3. The first-order valence-corrected chi connectivity index (χ1v) is 8.60. The maximum atomic E-state index is 6.39. The SMILES string of the molecule is CCN(C)CC1CC2=C(CC=CC3CC23)Oc2ccccc21. The Balaban J connectivity index is 1.71. The predicted octanol–water partition coefficient (Wildman–Crippen LogP) is 4.35. The van der Waals surface area contributed by atoms with Gasteiger partial charge in [0.15, 0.2) is 0 Å². The van der Waals surface area contributed by atoms with Gasteiger partial charge in [-0.05, 0) is 55.5 Å². The largest absolute Gasteiger partial charge is 0.461 e. The lowest BCUT2D eigenvalue weighted by molar-refractivity contribution is 0.323. The Labute approximate surface area is 133 Å². The second-order valence-electron chi connectivity index (χ2n) is 6.98. The maximum absolute atomic E-state index is 6.39. The molecule has 1 heterocycles. The summed E-state index contributed by atoms with van der Waals surface area (Å²) in [6, 6.07) is 8.65. The predicted molar refractivity (Wildman–Crippen MR) is 90.0 cm³/mol. The Morgan fingerprint density at radius 2 is 2.14 bits per heavy atom. The van der Waals surface area contributed by atoms with Gasteiger partial charge in [-0.15, -0.1) is 0 Å². The second-order valence-corrected chi connectivity index (χ2v) is 6.98. The number of nitrogens with zero attached hydrogens (tertiary/aromatic N) is 1. The van der Waals surface area contributed by atoms with Gasteiger partial charge in [-0.25, -0.2) is 0 Å². The number of para-hydroxylation sites is 1. The van der Waals surface area contributed by atoms with Gasteiger partial charge in [0.05, 0.1) is 0 Å². The minimum Gasteiger partial charge on any atom is -0.461 e. The van der Waals surface area contributed by atoms with Gasteiger partial charge in [0.1, 0.15) is 11.5 Å². The van der Waals surface area contributed by atoms with Crippen LogP contribution in [0.25, 0.3) is 0 Å². The van der Waals surface area contributed by atoms with Crippen LogP contribution in [0.4, 0.5) is 0 Å². The van der Waals surface area contributed by atoms with Crippen molar-refractivity contribution in [1.29, 1.82) is 0 Å². The summed E-state index contributed by atoms with van der Waals surface area (Å²) in [6.45, 7) is 4.44. The van der Waals surface area contributed by atoms with Gasteiger partial charge in [-0.3, -0.25) is 0 Å². The molecule has 1 saturated carbocycles. The molecule has 4 rings (SSSR count). The number of fused-ring (bicyclic) bond motifs is 3. The molecule has 22 heavy (non-hydrogen) atoms. The zero-order valence-electron chi connectivity index (χ0n) is 13.6. The van der Waals surface area contributed by atoms with Crippen LogP contribution in [0.15, 0.2) is 47.7 Å². The summed E-state index contributed by atoms with van der Waals surface area (Å²) < 4.78 is 6.39. The third kappa shape index (κ3) is 2.50. The highest BCUT2D eigenvalue weighted by Crippen LogP contribution is 2.52. The van der Waals surface area contributed by atoms with Crippen molar-refractivity contribution in [3.05, 3.63) is 53.3 Å². The molecule has 1 aromatic rings. The molecule has 0 spiro atoms. The van der Waals surface area contributed by atoms with Gasteiger partial charge in [0.25, 0.3) is 0 Å². The third-order valence-corrected chi connectivity index (χ3v) is 5.46. The van der Waals surface area contributed by atoms with Gasteiger partial charge in [-0.2, -0.15) is 0 Å². The molecule has 1 aliphatic heterocycles. The van der Waals surface area contributed by atoms with Crippen LogP contribution in [-0.2, 0) is 0 Å². The summed E-state index contributed by atoms with van der Waals surface area (Å²) in [4.78, 5) is 2.42. The fourth-order valence-corrected chi connectivity index (χ4v) is 3.98. The Bertz CT molecular complexity index is 630. The Kier molecular flexibility index (Phi) is 3.57. The first kappa shape index (κ1) is 14.1. The van der Waals surface area contributed by atoms with E-state index in [0.717, 1.165) is 37.1 Å². The van der Waals surface area contributed by atoms with Gasteiger partial charge in [-0.1, -0.05) is 37.3 Å². The quantitative estimate of drug-likeness (QED) is 0.768. The molecule has 0 N–H and O–H groups in total. The molecule has 0 bridgehead atoms. The molecule has 0 amide bonds. The highest BCUT2D eigenvalue weighted by atomic mass is 16.5. The van der Waals surface area contributed by atoms with E-state index in [-0.39, 0.29) is 0 Å². The lowest BCUT2D eigenvalue weighted by Gasteiger charge is -2.23. The molecule has 0 aromatic heterocycles. The summed E-state index contributed by atoms with van der Waals surface area (Å²) in [6.07, 6.45) is 8.17. The van der Waals surface area contributed by atoms with Crippen molar-refractivity contribution in [3.8, 4) is 5.75 Å². The van der Waals surface area contributed by atoms with Crippen LogP contribution in [0.5, 0.6) is 5.75 Å². The molecule has 116 valence electrons. The van der Waals surface area contributed by atoms with Crippen molar-refractivity contribution >= 4 is 0 Å². The minimum absolute atomic E-state index is 0.549.